The van der Waals surface area contributed by atoms with Crippen LogP contribution in [-0.4, -0.2) is 16.5 Å². The third-order valence-corrected chi connectivity index (χ3v) is 4.23. The molecule has 5 heteroatoms. The van der Waals surface area contributed by atoms with Crippen LogP contribution in [0.1, 0.15) is 51.8 Å². The summed E-state index contributed by atoms with van der Waals surface area (Å²) in [4.78, 5) is 8.77. The van der Waals surface area contributed by atoms with E-state index in [0.29, 0.717) is 5.82 Å². The fourth-order valence-electron chi connectivity index (χ4n) is 2.84. The van der Waals surface area contributed by atoms with Crippen molar-refractivity contribution in [1.29, 1.82) is 0 Å². The van der Waals surface area contributed by atoms with Crippen LogP contribution in [0.2, 0.25) is 0 Å². The third kappa shape index (κ3) is 4.34. The SMILES string of the molecule is CCc1nc(NN)cc(NCCC2CCC(C)CC2)n1. The molecule has 5 nitrogen and oxygen atoms in total. The van der Waals surface area contributed by atoms with Crippen molar-refractivity contribution in [3.63, 3.8) is 0 Å². The molecule has 0 saturated heterocycles. The number of hydrogen-bond acceptors (Lipinski definition) is 5. The molecule has 20 heavy (non-hydrogen) atoms. The molecule has 2 rings (SSSR count). The van der Waals surface area contributed by atoms with Gasteiger partial charge in [0.25, 0.3) is 0 Å². The molecule has 4 N–H and O–H groups in total. The first-order valence-corrected chi connectivity index (χ1v) is 7.79. The molecule has 0 atom stereocenters. The van der Waals surface area contributed by atoms with Crippen molar-refractivity contribution in [3.8, 4) is 0 Å². The molecular formula is C15H27N5. The van der Waals surface area contributed by atoms with Gasteiger partial charge in [-0.15, -0.1) is 0 Å². The smallest absolute Gasteiger partial charge is 0.145 e. The Morgan fingerprint density at radius 1 is 1.20 bits per heavy atom. The fraction of sp³-hybridized carbons (Fsp3) is 0.733. The third-order valence-electron chi connectivity index (χ3n) is 4.23. The molecule has 1 saturated carbocycles. The zero-order valence-corrected chi connectivity index (χ0v) is 12.7. The van der Waals surface area contributed by atoms with Gasteiger partial charge < -0.3 is 10.7 Å². The van der Waals surface area contributed by atoms with Crippen molar-refractivity contribution < 1.29 is 0 Å². The summed E-state index contributed by atoms with van der Waals surface area (Å²) in [6.07, 6.45) is 7.57. The zero-order chi connectivity index (χ0) is 14.4. The first-order chi connectivity index (χ1) is 9.71. The van der Waals surface area contributed by atoms with Crippen LogP contribution in [0.5, 0.6) is 0 Å². The summed E-state index contributed by atoms with van der Waals surface area (Å²) in [6.45, 7) is 5.38. The van der Waals surface area contributed by atoms with E-state index < -0.39 is 0 Å². The molecule has 0 spiro atoms. The van der Waals surface area contributed by atoms with Gasteiger partial charge in [-0.1, -0.05) is 39.5 Å². The molecule has 1 heterocycles. The van der Waals surface area contributed by atoms with E-state index in [2.05, 4.69) is 27.6 Å². The number of nitrogens with one attached hydrogen (secondary N) is 2. The van der Waals surface area contributed by atoms with E-state index in [1.54, 1.807) is 0 Å². The van der Waals surface area contributed by atoms with Crippen molar-refractivity contribution in [2.45, 2.75) is 52.4 Å². The lowest BCUT2D eigenvalue weighted by Gasteiger charge is -2.26. The highest BCUT2D eigenvalue weighted by Gasteiger charge is 2.17. The Balaban J connectivity index is 1.81. The quantitative estimate of drug-likeness (QED) is 0.550. The van der Waals surface area contributed by atoms with E-state index in [0.717, 1.165) is 36.4 Å². The number of nitrogen functional groups attached to an aromatic ring is 1. The normalized spacial score (nSPS) is 22.6. The number of nitrogens with zero attached hydrogens (tertiary/aromatic N) is 2. The van der Waals surface area contributed by atoms with E-state index in [1.807, 2.05) is 13.0 Å². The standard InChI is InChI=1S/C15H27N5/c1-3-13-18-14(10-15(19-13)20-16)17-9-8-12-6-4-11(2)5-7-12/h10-12H,3-9,16H2,1-2H3,(H2,17,18,19,20). The molecule has 112 valence electrons. The minimum Gasteiger partial charge on any atom is -0.370 e. The average Bonchev–Trinajstić information content (AvgIpc) is 2.49. The van der Waals surface area contributed by atoms with E-state index >= 15 is 0 Å². The monoisotopic (exact) mass is 277 g/mol. The van der Waals surface area contributed by atoms with Gasteiger partial charge >= 0.3 is 0 Å². The molecule has 0 aliphatic heterocycles. The maximum absolute atomic E-state index is 5.43. The maximum Gasteiger partial charge on any atom is 0.145 e. The van der Waals surface area contributed by atoms with Gasteiger partial charge in [0.1, 0.15) is 17.5 Å². The molecular weight excluding hydrogens is 250 g/mol. The van der Waals surface area contributed by atoms with Crippen LogP contribution in [0.3, 0.4) is 0 Å². The number of hydrogen-bond donors (Lipinski definition) is 3. The molecule has 0 aromatic carbocycles. The zero-order valence-electron chi connectivity index (χ0n) is 12.7. The lowest BCUT2D eigenvalue weighted by atomic mass is 9.81. The topological polar surface area (TPSA) is 75.9 Å². The molecule has 1 fully saturated rings. The van der Waals surface area contributed by atoms with Gasteiger partial charge in [-0.2, -0.15) is 0 Å². The van der Waals surface area contributed by atoms with Gasteiger partial charge in [-0.05, 0) is 18.3 Å². The van der Waals surface area contributed by atoms with Gasteiger partial charge in [0, 0.05) is 19.0 Å². The largest absolute Gasteiger partial charge is 0.370 e. The van der Waals surface area contributed by atoms with Crippen molar-refractivity contribution in [1.82, 2.24) is 9.97 Å². The van der Waals surface area contributed by atoms with Gasteiger partial charge in [-0.3, -0.25) is 0 Å². The number of anilines is 2. The summed E-state index contributed by atoms with van der Waals surface area (Å²) in [6, 6.07) is 1.86. The van der Waals surface area contributed by atoms with Crippen LogP contribution in [0.15, 0.2) is 6.07 Å². The van der Waals surface area contributed by atoms with Crippen LogP contribution >= 0.6 is 0 Å². The summed E-state index contributed by atoms with van der Waals surface area (Å²) in [7, 11) is 0. The Labute approximate surface area is 121 Å². The molecule has 0 amide bonds. The van der Waals surface area contributed by atoms with Crippen LogP contribution in [-0.2, 0) is 6.42 Å². The predicted octanol–water partition coefficient (Wildman–Crippen LogP) is 2.95. The van der Waals surface area contributed by atoms with Crippen LogP contribution in [0.25, 0.3) is 0 Å². The highest BCUT2D eigenvalue weighted by Crippen LogP contribution is 2.30. The number of nitrogens with two attached hydrogens (primary N) is 1. The second-order valence-electron chi connectivity index (χ2n) is 5.89. The Morgan fingerprint density at radius 2 is 1.90 bits per heavy atom. The van der Waals surface area contributed by atoms with Crippen LogP contribution < -0.4 is 16.6 Å². The molecule has 0 unspecified atom stereocenters. The number of rotatable bonds is 6. The van der Waals surface area contributed by atoms with Gasteiger partial charge in [0.2, 0.25) is 0 Å². The summed E-state index contributed by atoms with van der Waals surface area (Å²) in [5, 5.41) is 3.41. The number of aryl methyl sites for hydroxylation is 1. The number of hydrazine groups is 1. The number of aromatic nitrogens is 2. The lowest BCUT2D eigenvalue weighted by molar-refractivity contribution is 0.282. The first-order valence-electron chi connectivity index (χ1n) is 7.79. The average molecular weight is 277 g/mol. The van der Waals surface area contributed by atoms with E-state index in [4.69, 9.17) is 5.84 Å². The summed E-state index contributed by atoms with van der Waals surface area (Å²) < 4.78 is 0. The second kappa shape index (κ2) is 7.43. The Kier molecular flexibility index (Phi) is 5.59. The van der Waals surface area contributed by atoms with Gasteiger partial charge in [-0.25, -0.2) is 15.8 Å². The fourth-order valence-corrected chi connectivity index (χ4v) is 2.84. The highest BCUT2D eigenvalue weighted by atomic mass is 15.3. The van der Waals surface area contributed by atoms with Crippen LogP contribution in [0, 0.1) is 11.8 Å². The van der Waals surface area contributed by atoms with Crippen molar-refractivity contribution in [2.75, 3.05) is 17.3 Å². The second-order valence-corrected chi connectivity index (χ2v) is 5.89. The maximum atomic E-state index is 5.43. The molecule has 1 aliphatic carbocycles. The Bertz CT molecular complexity index is 390. The first kappa shape index (κ1) is 15.0. The van der Waals surface area contributed by atoms with Gasteiger partial charge in [0.15, 0.2) is 0 Å². The van der Waals surface area contributed by atoms with Crippen LogP contribution in [0.4, 0.5) is 11.6 Å². The summed E-state index contributed by atoms with van der Waals surface area (Å²) >= 11 is 0. The van der Waals surface area contributed by atoms with Crippen molar-refractivity contribution in [3.05, 3.63) is 11.9 Å². The van der Waals surface area contributed by atoms with Gasteiger partial charge in [0.05, 0.1) is 0 Å². The van der Waals surface area contributed by atoms with Crippen molar-refractivity contribution in [2.24, 2.45) is 17.7 Å². The minimum atomic E-state index is 0.672. The molecule has 1 aliphatic rings. The van der Waals surface area contributed by atoms with E-state index in [1.165, 1.54) is 32.1 Å². The predicted molar refractivity (Wildman–Crippen MR) is 83.4 cm³/mol. The highest BCUT2D eigenvalue weighted by molar-refractivity contribution is 5.46. The van der Waals surface area contributed by atoms with E-state index in [9.17, 15) is 0 Å². The minimum absolute atomic E-state index is 0.672. The molecule has 1 aromatic rings. The summed E-state index contributed by atoms with van der Waals surface area (Å²) in [5.41, 5.74) is 2.60. The molecule has 1 aromatic heterocycles. The van der Waals surface area contributed by atoms with E-state index in [-0.39, 0.29) is 0 Å². The molecule has 0 radical (unpaired) electrons. The molecule has 0 bridgehead atoms. The Hall–Kier alpha value is -1.36. The Morgan fingerprint density at radius 3 is 2.55 bits per heavy atom. The summed E-state index contributed by atoms with van der Waals surface area (Å²) in [5.74, 6) is 9.58. The van der Waals surface area contributed by atoms with Crippen molar-refractivity contribution >= 4 is 11.6 Å². The lowest BCUT2D eigenvalue weighted by Crippen LogP contribution is -2.17.